The molecule has 0 aliphatic rings. The third kappa shape index (κ3) is 2.76. The fourth-order valence-electron chi connectivity index (χ4n) is 7.07. The highest BCUT2D eigenvalue weighted by Gasteiger charge is 2.22. The van der Waals surface area contributed by atoms with Gasteiger partial charge in [-0.25, -0.2) is 0 Å². The topological polar surface area (TPSA) is 18.1 Å². The van der Waals surface area contributed by atoms with Gasteiger partial charge in [-0.1, -0.05) is 91.0 Å². The number of benzene rings is 7. The van der Waals surface area contributed by atoms with Crippen molar-refractivity contribution < 1.29 is 4.42 Å². The number of hydrogen-bond donors (Lipinski definition) is 0. The van der Waals surface area contributed by atoms with Gasteiger partial charge in [0.15, 0.2) is 0 Å². The van der Waals surface area contributed by atoms with Gasteiger partial charge in [-0.15, -0.1) is 11.3 Å². The summed E-state index contributed by atoms with van der Waals surface area (Å²) >= 11 is 1.89. The number of fused-ring (bicyclic) bond motifs is 15. The molecule has 0 unspecified atom stereocenters. The van der Waals surface area contributed by atoms with Crippen molar-refractivity contribution in [1.82, 2.24) is 4.57 Å². The van der Waals surface area contributed by atoms with Crippen molar-refractivity contribution in [2.24, 2.45) is 0 Å². The van der Waals surface area contributed by atoms with E-state index in [0.717, 1.165) is 22.2 Å². The van der Waals surface area contributed by atoms with Crippen LogP contribution in [0.15, 0.2) is 132 Å². The molecule has 0 saturated carbocycles. The van der Waals surface area contributed by atoms with E-state index >= 15 is 0 Å². The number of furan rings is 1. The van der Waals surface area contributed by atoms with Crippen LogP contribution in [0.25, 0.3) is 91.1 Å². The zero-order valence-electron chi connectivity index (χ0n) is 21.9. The average molecular weight is 540 g/mol. The van der Waals surface area contributed by atoms with Crippen LogP contribution in [0.5, 0.6) is 0 Å². The molecule has 10 rings (SSSR count). The fourth-order valence-corrected chi connectivity index (χ4v) is 8.33. The standard InChI is InChI=1S/C38H21NOS/c1-2-10-24-22(9-1)17-20-31-34(24)28-19-18-23(21-32(28)40-31)39-30-15-7-5-13-27(30)35-25-11-3-4-12-26(25)36-29-14-6-8-16-33(29)41-38(36)37(35)39/h1-21H. The second-order valence-corrected chi connectivity index (χ2v) is 11.9. The molecule has 3 aromatic heterocycles. The first-order valence-electron chi connectivity index (χ1n) is 13.9. The van der Waals surface area contributed by atoms with Crippen molar-refractivity contribution in [3.8, 4) is 5.69 Å². The summed E-state index contributed by atoms with van der Waals surface area (Å²) in [5, 5.41) is 12.7. The molecule has 2 nitrogen and oxygen atoms in total. The van der Waals surface area contributed by atoms with Crippen LogP contribution in [0.3, 0.4) is 0 Å². The molecule has 0 amide bonds. The van der Waals surface area contributed by atoms with Crippen molar-refractivity contribution in [3.05, 3.63) is 127 Å². The molecule has 41 heavy (non-hydrogen) atoms. The van der Waals surface area contributed by atoms with E-state index in [1.165, 1.54) is 68.9 Å². The van der Waals surface area contributed by atoms with E-state index in [9.17, 15) is 0 Å². The Kier molecular flexibility index (Phi) is 4.10. The third-order valence-corrected chi connectivity index (χ3v) is 9.93. The zero-order valence-corrected chi connectivity index (χ0v) is 22.7. The first-order valence-corrected chi connectivity index (χ1v) is 14.8. The van der Waals surface area contributed by atoms with E-state index in [1.54, 1.807) is 0 Å². The molecule has 0 aliphatic heterocycles. The number of rotatable bonds is 1. The summed E-state index contributed by atoms with van der Waals surface area (Å²) in [6.07, 6.45) is 0. The Hall–Kier alpha value is -5.12. The minimum absolute atomic E-state index is 0.910. The lowest BCUT2D eigenvalue weighted by Crippen LogP contribution is -1.94. The Labute approximate surface area is 238 Å². The number of thiophene rings is 1. The predicted octanol–water partition coefficient (Wildman–Crippen LogP) is 11.4. The Morgan fingerprint density at radius 1 is 0.488 bits per heavy atom. The number of hydrogen-bond acceptors (Lipinski definition) is 2. The summed E-state index contributed by atoms with van der Waals surface area (Å²) in [4.78, 5) is 0. The second-order valence-electron chi connectivity index (χ2n) is 10.9. The molecule has 3 heteroatoms. The lowest BCUT2D eigenvalue weighted by Gasteiger charge is -2.10. The van der Waals surface area contributed by atoms with Crippen LogP contribution in [0, 0.1) is 0 Å². The largest absolute Gasteiger partial charge is 0.456 e. The first-order chi connectivity index (χ1) is 20.3. The minimum Gasteiger partial charge on any atom is -0.456 e. The van der Waals surface area contributed by atoms with Crippen LogP contribution in [-0.2, 0) is 0 Å². The summed E-state index contributed by atoms with van der Waals surface area (Å²) < 4.78 is 11.6. The van der Waals surface area contributed by atoms with Crippen LogP contribution in [0.2, 0.25) is 0 Å². The molecule has 7 aromatic carbocycles. The summed E-state index contributed by atoms with van der Waals surface area (Å²) in [6.45, 7) is 0. The molecule has 0 aliphatic carbocycles. The molecule has 0 atom stereocenters. The molecule has 10 aromatic rings. The summed E-state index contributed by atoms with van der Waals surface area (Å²) in [6, 6.07) is 46.1. The first kappa shape index (κ1) is 21.7. The monoisotopic (exact) mass is 539 g/mol. The highest BCUT2D eigenvalue weighted by atomic mass is 32.1. The lowest BCUT2D eigenvalue weighted by molar-refractivity contribution is 0.669. The van der Waals surface area contributed by atoms with Crippen LogP contribution < -0.4 is 0 Å². The molecule has 0 saturated heterocycles. The number of para-hydroxylation sites is 1. The molecule has 0 fully saturated rings. The van der Waals surface area contributed by atoms with Gasteiger partial charge >= 0.3 is 0 Å². The molecule has 0 radical (unpaired) electrons. The van der Waals surface area contributed by atoms with Crippen LogP contribution in [0.4, 0.5) is 0 Å². The van der Waals surface area contributed by atoms with Crippen LogP contribution in [0.1, 0.15) is 0 Å². The summed E-state index contributed by atoms with van der Waals surface area (Å²) in [5.41, 5.74) is 5.42. The molecule has 3 heterocycles. The van der Waals surface area contributed by atoms with Gasteiger partial charge in [0.2, 0.25) is 0 Å². The maximum Gasteiger partial charge on any atom is 0.137 e. The van der Waals surface area contributed by atoms with Crippen LogP contribution in [-0.4, -0.2) is 4.57 Å². The number of aromatic nitrogens is 1. The lowest BCUT2D eigenvalue weighted by atomic mass is 9.99. The molecular formula is C38H21NOS. The smallest absolute Gasteiger partial charge is 0.137 e. The summed E-state index contributed by atoms with van der Waals surface area (Å²) in [7, 11) is 0. The SMILES string of the molecule is c1ccc2c(c1)ccc1oc3cc(-n4c5ccccc5c5c6ccccc6c6c7ccccc7sc6c54)ccc3c12. The highest BCUT2D eigenvalue weighted by molar-refractivity contribution is 7.27. The Morgan fingerprint density at radius 3 is 2.07 bits per heavy atom. The molecule has 0 N–H and O–H groups in total. The van der Waals surface area contributed by atoms with Gasteiger partial charge in [-0.05, 0) is 51.9 Å². The quantitative estimate of drug-likeness (QED) is 0.203. The Balaban J connectivity index is 1.40. The third-order valence-electron chi connectivity index (χ3n) is 8.75. The van der Waals surface area contributed by atoms with Crippen molar-refractivity contribution in [2.45, 2.75) is 0 Å². The van der Waals surface area contributed by atoms with Gasteiger partial charge in [0.05, 0.1) is 15.7 Å². The summed E-state index contributed by atoms with van der Waals surface area (Å²) in [5.74, 6) is 0. The van der Waals surface area contributed by atoms with Crippen molar-refractivity contribution in [3.63, 3.8) is 0 Å². The van der Waals surface area contributed by atoms with Gasteiger partial charge in [0.1, 0.15) is 11.2 Å². The van der Waals surface area contributed by atoms with E-state index in [4.69, 9.17) is 4.42 Å². The maximum atomic E-state index is 6.52. The van der Waals surface area contributed by atoms with E-state index in [1.807, 2.05) is 11.3 Å². The van der Waals surface area contributed by atoms with Gasteiger partial charge in [-0.2, -0.15) is 0 Å². The predicted molar refractivity (Wildman–Crippen MR) is 176 cm³/mol. The number of nitrogens with zero attached hydrogens (tertiary/aromatic N) is 1. The van der Waals surface area contributed by atoms with E-state index < -0.39 is 0 Å². The average Bonchev–Trinajstić information content (AvgIpc) is 3.70. The fraction of sp³-hybridized carbons (Fsp3) is 0. The molecular weight excluding hydrogens is 518 g/mol. The Bertz CT molecular complexity index is 2700. The second kappa shape index (κ2) is 7.75. The molecule has 190 valence electrons. The van der Waals surface area contributed by atoms with Gasteiger partial charge in [0.25, 0.3) is 0 Å². The normalized spacial score (nSPS) is 12.4. The van der Waals surface area contributed by atoms with E-state index in [-0.39, 0.29) is 0 Å². The van der Waals surface area contributed by atoms with Crippen LogP contribution >= 0.6 is 11.3 Å². The van der Waals surface area contributed by atoms with Crippen molar-refractivity contribution in [2.75, 3.05) is 0 Å². The molecule has 0 spiro atoms. The molecule has 0 bridgehead atoms. The van der Waals surface area contributed by atoms with Crippen molar-refractivity contribution in [1.29, 1.82) is 0 Å². The highest BCUT2D eigenvalue weighted by Crippen LogP contribution is 2.48. The zero-order chi connectivity index (χ0) is 26.7. The van der Waals surface area contributed by atoms with E-state index in [0.29, 0.717) is 0 Å². The maximum absolute atomic E-state index is 6.52. The Morgan fingerprint density at radius 2 is 1.20 bits per heavy atom. The van der Waals surface area contributed by atoms with Gasteiger partial charge in [-0.3, -0.25) is 0 Å². The van der Waals surface area contributed by atoms with Gasteiger partial charge in [0, 0.05) is 48.8 Å². The van der Waals surface area contributed by atoms with E-state index in [2.05, 4.69) is 132 Å². The van der Waals surface area contributed by atoms with Gasteiger partial charge < -0.3 is 8.98 Å². The minimum atomic E-state index is 0.910. The van der Waals surface area contributed by atoms with Crippen molar-refractivity contribution >= 4 is 96.8 Å².